The van der Waals surface area contributed by atoms with Gasteiger partial charge in [0, 0.05) is 11.8 Å². The van der Waals surface area contributed by atoms with Crippen LogP contribution >= 0.6 is 0 Å². The van der Waals surface area contributed by atoms with Gasteiger partial charge in [-0.15, -0.1) is 0 Å². The number of carbonyl (C=O) groups is 3. The summed E-state index contributed by atoms with van der Waals surface area (Å²) in [5, 5.41) is 0. The predicted octanol–water partition coefficient (Wildman–Crippen LogP) is -0.503. The first-order valence-corrected chi connectivity index (χ1v) is 11.0. The highest BCUT2D eigenvalue weighted by Gasteiger charge is 2.70. The second-order valence-electron chi connectivity index (χ2n) is 9.59. The van der Waals surface area contributed by atoms with E-state index in [2.05, 4.69) is 0 Å². The lowest BCUT2D eigenvalue weighted by molar-refractivity contribution is -0.900. The Morgan fingerprint density at radius 3 is 2.62 bits per heavy atom. The highest BCUT2D eigenvalue weighted by molar-refractivity contribution is 5.86. The Hall–Kier alpha value is -1.67. The van der Waals surface area contributed by atoms with E-state index < -0.39 is 29.6 Å². The van der Waals surface area contributed by atoms with E-state index in [1.165, 1.54) is 0 Å². The lowest BCUT2D eigenvalue weighted by Crippen LogP contribution is -3.15. The molecule has 0 aromatic rings. The van der Waals surface area contributed by atoms with E-state index in [-0.39, 0.29) is 36.3 Å². The van der Waals surface area contributed by atoms with Gasteiger partial charge in [0.25, 0.3) is 0 Å². The van der Waals surface area contributed by atoms with Gasteiger partial charge in [-0.3, -0.25) is 9.59 Å². The molecule has 8 heteroatoms. The van der Waals surface area contributed by atoms with Gasteiger partial charge in [0.2, 0.25) is 0 Å². The molecule has 3 aliphatic carbocycles. The summed E-state index contributed by atoms with van der Waals surface area (Å²) in [6.45, 7) is 5.09. The van der Waals surface area contributed by atoms with Crippen LogP contribution in [0.5, 0.6) is 0 Å². The third-order valence-electron chi connectivity index (χ3n) is 7.69. The Morgan fingerprint density at radius 2 is 1.90 bits per heavy atom. The van der Waals surface area contributed by atoms with Crippen molar-refractivity contribution in [2.75, 3.05) is 32.8 Å². The van der Waals surface area contributed by atoms with Gasteiger partial charge in [-0.1, -0.05) is 0 Å². The highest BCUT2D eigenvalue weighted by atomic mass is 16.6. The molecule has 0 radical (unpaired) electrons. The third-order valence-corrected chi connectivity index (χ3v) is 7.69. The largest absolute Gasteiger partial charge is 0.459 e. The summed E-state index contributed by atoms with van der Waals surface area (Å²) >= 11 is 0. The molecule has 2 bridgehead atoms. The van der Waals surface area contributed by atoms with Crippen molar-refractivity contribution in [3.63, 3.8) is 0 Å². The molecule has 29 heavy (non-hydrogen) atoms. The van der Waals surface area contributed by atoms with Crippen LogP contribution in [0.15, 0.2) is 0 Å². The summed E-state index contributed by atoms with van der Waals surface area (Å²) in [6.07, 6.45) is 3.56. The summed E-state index contributed by atoms with van der Waals surface area (Å²) in [4.78, 5) is 39.3. The number of rotatable bonds is 5. The van der Waals surface area contributed by atoms with Gasteiger partial charge >= 0.3 is 17.9 Å². The summed E-state index contributed by atoms with van der Waals surface area (Å²) in [5.74, 6) is -2.19. The van der Waals surface area contributed by atoms with Crippen molar-refractivity contribution in [2.24, 2.45) is 23.7 Å². The van der Waals surface area contributed by atoms with Gasteiger partial charge in [0.05, 0.1) is 25.0 Å². The van der Waals surface area contributed by atoms with Crippen LogP contribution in [0.3, 0.4) is 0 Å². The average Bonchev–Trinajstić information content (AvgIpc) is 3.40. The first-order chi connectivity index (χ1) is 14.0. The smallest absolute Gasteiger partial charge is 0.362 e. The normalized spacial score (nSPS) is 40.1. The number of hydrogen-bond acceptors (Lipinski definition) is 7. The number of quaternary nitrogens is 1. The summed E-state index contributed by atoms with van der Waals surface area (Å²) < 4.78 is 22.6. The Balaban J connectivity index is 1.28. The quantitative estimate of drug-likeness (QED) is 0.484. The van der Waals surface area contributed by atoms with Crippen molar-refractivity contribution in [3.8, 4) is 0 Å². The Kier molecular flexibility index (Phi) is 4.81. The fourth-order valence-corrected chi connectivity index (χ4v) is 6.24. The van der Waals surface area contributed by atoms with E-state index in [1.807, 2.05) is 6.92 Å². The van der Waals surface area contributed by atoms with E-state index in [4.69, 9.17) is 18.9 Å². The molecule has 2 aliphatic heterocycles. The standard InChI is InChI=1S/C21H29NO7/c1-21(4-2-3-5-21)29-20(25)16-13-10-12-15(16)19(24)28-18(12)17(13)27-14(23)11-22-6-8-26-9-7-22/h12-13,15-18H,2-11H2,1H3/p+1. The lowest BCUT2D eigenvalue weighted by Gasteiger charge is -2.33. The SMILES string of the molecule is CC1(OC(=O)C2C3CC4C(OC(=O)C42)C3OC(=O)C[NH+]2CCOCC2)CCCC1. The zero-order valence-electron chi connectivity index (χ0n) is 16.9. The van der Waals surface area contributed by atoms with E-state index in [1.54, 1.807) is 0 Å². The number of esters is 3. The highest BCUT2D eigenvalue weighted by Crippen LogP contribution is 2.59. The van der Waals surface area contributed by atoms with Crippen LogP contribution < -0.4 is 4.90 Å². The van der Waals surface area contributed by atoms with Crippen molar-refractivity contribution < 1.29 is 38.2 Å². The summed E-state index contributed by atoms with van der Waals surface area (Å²) in [5.41, 5.74) is -0.438. The molecule has 0 aromatic carbocycles. The van der Waals surface area contributed by atoms with Crippen molar-refractivity contribution in [1.29, 1.82) is 0 Å². The van der Waals surface area contributed by atoms with Crippen LogP contribution in [0.4, 0.5) is 0 Å². The minimum absolute atomic E-state index is 0.0463. The van der Waals surface area contributed by atoms with Gasteiger partial charge in [-0.25, -0.2) is 4.79 Å². The average molecular weight is 408 g/mol. The van der Waals surface area contributed by atoms with Crippen molar-refractivity contribution in [2.45, 2.75) is 56.8 Å². The molecule has 2 heterocycles. The first kappa shape index (κ1) is 19.3. The summed E-state index contributed by atoms with van der Waals surface area (Å²) in [7, 11) is 0. The van der Waals surface area contributed by atoms with Gasteiger partial charge in [0.1, 0.15) is 30.9 Å². The maximum atomic E-state index is 13.1. The van der Waals surface area contributed by atoms with Gasteiger partial charge in [-0.2, -0.15) is 0 Å². The third kappa shape index (κ3) is 3.34. The number of morpholine rings is 1. The fourth-order valence-electron chi connectivity index (χ4n) is 6.24. The predicted molar refractivity (Wildman–Crippen MR) is 97.7 cm³/mol. The molecule has 5 aliphatic rings. The molecule has 5 fully saturated rings. The van der Waals surface area contributed by atoms with Crippen molar-refractivity contribution >= 4 is 17.9 Å². The molecule has 0 spiro atoms. The van der Waals surface area contributed by atoms with Crippen LogP contribution in [-0.2, 0) is 33.3 Å². The molecule has 8 nitrogen and oxygen atoms in total. The van der Waals surface area contributed by atoms with Crippen LogP contribution in [-0.4, -0.2) is 68.6 Å². The maximum Gasteiger partial charge on any atom is 0.362 e. The molecule has 2 saturated heterocycles. The molecular formula is C21H30NO7+. The Bertz CT molecular complexity index is 697. The van der Waals surface area contributed by atoms with Gasteiger partial charge in [0.15, 0.2) is 6.54 Å². The molecule has 0 aromatic heterocycles. The molecule has 160 valence electrons. The molecule has 1 N–H and O–H groups in total. The molecule has 6 atom stereocenters. The number of fused-ring (bicyclic) bond motifs is 1. The van der Waals surface area contributed by atoms with Gasteiger partial charge in [-0.05, 0) is 39.0 Å². The number of carbonyl (C=O) groups excluding carboxylic acids is 3. The Morgan fingerprint density at radius 1 is 1.17 bits per heavy atom. The van der Waals surface area contributed by atoms with E-state index >= 15 is 0 Å². The maximum absolute atomic E-state index is 13.1. The minimum Gasteiger partial charge on any atom is -0.459 e. The zero-order chi connectivity index (χ0) is 20.2. The topological polar surface area (TPSA) is 92.6 Å². The van der Waals surface area contributed by atoms with E-state index in [0.29, 0.717) is 19.6 Å². The monoisotopic (exact) mass is 408 g/mol. The number of nitrogens with one attached hydrogen (secondary N) is 1. The number of hydrogen-bond donors (Lipinski definition) is 1. The lowest BCUT2D eigenvalue weighted by atomic mass is 9.78. The van der Waals surface area contributed by atoms with E-state index in [0.717, 1.165) is 43.7 Å². The molecule has 0 amide bonds. The second-order valence-corrected chi connectivity index (χ2v) is 9.59. The van der Waals surface area contributed by atoms with Gasteiger partial charge < -0.3 is 23.8 Å². The summed E-state index contributed by atoms with van der Waals surface area (Å²) in [6, 6.07) is 0. The number of ether oxygens (including phenoxy) is 4. The molecule has 6 unspecified atom stereocenters. The van der Waals surface area contributed by atoms with E-state index in [9.17, 15) is 14.4 Å². The Labute approximate surface area is 170 Å². The van der Waals surface area contributed by atoms with Crippen molar-refractivity contribution in [3.05, 3.63) is 0 Å². The minimum atomic E-state index is -0.558. The van der Waals surface area contributed by atoms with Crippen LogP contribution in [0.1, 0.15) is 39.0 Å². The van der Waals surface area contributed by atoms with Crippen LogP contribution in [0, 0.1) is 23.7 Å². The van der Waals surface area contributed by atoms with Crippen LogP contribution in [0.25, 0.3) is 0 Å². The molecular weight excluding hydrogens is 378 g/mol. The second kappa shape index (κ2) is 7.23. The molecule has 3 saturated carbocycles. The van der Waals surface area contributed by atoms with Crippen LogP contribution in [0.2, 0.25) is 0 Å². The first-order valence-electron chi connectivity index (χ1n) is 11.0. The fraction of sp³-hybridized carbons (Fsp3) is 0.857. The zero-order valence-corrected chi connectivity index (χ0v) is 16.9. The van der Waals surface area contributed by atoms with Crippen molar-refractivity contribution in [1.82, 2.24) is 0 Å². The molecule has 5 rings (SSSR count).